The lowest BCUT2D eigenvalue weighted by molar-refractivity contribution is -0.0678. The summed E-state index contributed by atoms with van der Waals surface area (Å²) >= 11 is 3.54. The van der Waals surface area contributed by atoms with Crippen LogP contribution in [-0.2, 0) is 4.74 Å². The van der Waals surface area contributed by atoms with Gasteiger partial charge >= 0.3 is 0 Å². The van der Waals surface area contributed by atoms with Crippen LogP contribution in [0.4, 0.5) is 0 Å². The summed E-state index contributed by atoms with van der Waals surface area (Å²) in [7, 11) is 2.12. The van der Waals surface area contributed by atoms with Gasteiger partial charge in [0, 0.05) is 13.1 Å². The first-order chi connectivity index (χ1) is 8.74. The van der Waals surface area contributed by atoms with Crippen LogP contribution >= 0.6 is 15.9 Å². The Balaban J connectivity index is 2.08. The Kier molecular flexibility index (Phi) is 5.24. The van der Waals surface area contributed by atoms with Gasteiger partial charge in [0.05, 0.1) is 29.5 Å². The highest BCUT2D eigenvalue weighted by Gasteiger charge is 2.34. The third kappa shape index (κ3) is 3.15. The molecule has 2 rings (SSSR count). The highest BCUT2D eigenvalue weighted by atomic mass is 79.9. The van der Waals surface area contributed by atoms with Gasteiger partial charge in [-0.2, -0.15) is 0 Å². The molecular weight excluding hydrogens is 296 g/mol. The van der Waals surface area contributed by atoms with Crippen LogP contribution in [0.1, 0.15) is 25.1 Å². The average Bonchev–Trinajstić information content (AvgIpc) is 2.76. The van der Waals surface area contributed by atoms with Crippen LogP contribution in [0.2, 0.25) is 0 Å². The second-order valence-corrected chi connectivity index (χ2v) is 5.53. The molecule has 5 heteroatoms. The minimum Gasteiger partial charge on any atom is -0.466 e. The van der Waals surface area contributed by atoms with Crippen LogP contribution in [0.15, 0.2) is 21.2 Å². The van der Waals surface area contributed by atoms with Crippen molar-refractivity contribution in [2.24, 2.45) is 0 Å². The highest BCUT2D eigenvalue weighted by Crippen LogP contribution is 2.33. The van der Waals surface area contributed by atoms with Crippen LogP contribution in [0, 0.1) is 0 Å². The molecule has 1 aliphatic rings. The first kappa shape index (κ1) is 14.1. The maximum Gasteiger partial charge on any atom is 0.137 e. The van der Waals surface area contributed by atoms with E-state index in [0.717, 1.165) is 42.9 Å². The Bertz CT molecular complexity index is 370. The quantitative estimate of drug-likeness (QED) is 0.847. The van der Waals surface area contributed by atoms with Gasteiger partial charge in [-0.15, -0.1) is 0 Å². The molecule has 0 aliphatic carbocycles. The Morgan fingerprint density at radius 2 is 2.39 bits per heavy atom. The highest BCUT2D eigenvalue weighted by molar-refractivity contribution is 9.10. The second kappa shape index (κ2) is 6.70. The summed E-state index contributed by atoms with van der Waals surface area (Å²) in [4.78, 5) is 2.30. The van der Waals surface area contributed by atoms with Crippen LogP contribution in [0.25, 0.3) is 0 Å². The molecule has 0 aromatic carbocycles. The summed E-state index contributed by atoms with van der Waals surface area (Å²) in [5, 5.41) is 3.43. The topological polar surface area (TPSA) is 37.6 Å². The monoisotopic (exact) mass is 316 g/mol. The first-order valence-electron chi connectivity index (χ1n) is 6.49. The van der Waals surface area contributed by atoms with Gasteiger partial charge in [-0.25, -0.2) is 0 Å². The summed E-state index contributed by atoms with van der Waals surface area (Å²) < 4.78 is 12.5. The van der Waals surface area contributed by atoms with Gasteiger partial charge in [0.2, 0.25) is 0 Å². The van der Waals surface area contributed by atoms with Crippen LogP contribution in [0.5, 0.6) is 0 Å². The smallest absolute Gasteiger partial charge is 0.137 e. The summed E-state index contributed by atoms with van der Waals surface area (Å²) in [5.41, 5.74) is 0. The van der Waals surface area contributed by atoms with Gasteiger partial charge in [-0.05, 0) is 42.0 Å². The molecule has 0 bridgehead atoms. The van der Waals surface area contributed by atoms with E-state index in [0.29, 0.717) is 0 Å². The predicted molar refractivity (Wildman–Crippen MR) is 74.7 cm³/mol. The van der Waals surface area contributed by atoms with Crippen molar-refractivity contribution >= 4 is 15.9 Å². The molecule has 2 atom stereocenters. The van der Waals surface area contributed by atoms with E-state index in [9.17, 15) is 0 Å². The van der Waals surface area contributed by atoms with Gasteiger partial charge in [0.25, 0.3) is 0 Å². The third-order valence-corrected chi connectivity index (χ3v) is 3.94. The van der Waals surface area contributed by atoms with Crippen molar-refractivity contribution in [1.82, 2.24) is 10.2 Å². The number of rotatable bonds is 5. The molecule has 1 saturated heterocycles. The van der Waals surface area contributed by atoms with E-state index in [-0.39, 0.29) is 12.1 Å². The van der Waals surface area contributed by atoms with Gasteiger partial charge in [-0.1, -0.05) is 6.92 Å². The van der Waals surface area contributed by atoms with E-state index >= 15 is 0 Å². The van der Waals surface area contributed by atoms with E-state index in [1.165, 1.54) is 0 Å². The van der Waals surface area contributed by atoms with Crippen molar-refractivity contribution in [3.63, 3.8) is 0 Å². The van der Waals surface area contributed by atoms with Crippen molar-refractivity contribution in [1.29, 1.82) is 0 Å². The van der Waals surface area contributed by atoms with E-state index < -0.39 is 0 Å². The zero-order valence-electron chi connectivity index (χ0n) is 11.0. The van der Waals surface area contributed by atoms with Crippen molar-refractivity contribution in [3.8, 4) is 0 Å². The van der Waals surface area contributed by atoms with E-state index in [2.05, 4.69) is 40.1 Å². The summed E-state index contributed by atoms with van der Waals surface area (Å²) in [6.45, 7) is 5.76. The van der Waals surface area contributed by atoms with Crippen LogP contribution in [0.3, 0.4) is 0 Å². The van der Waals surface area contributed by atoms with Gasteiger partial charge in [0.15, 0.2) is 0 Å². The molecular formula is C13H21BrN2O2. The Morgan fingerprint density at radius 1 is 1.56 bits per heavy atom. The zero-order chi connectivity index (χ0) is 13.0. The predicted octanol–water partition coefficient (Wildman–Crippen LogP) is 2.41. The van der Waals surface area contributed by atoms with Crippen molar-refractivity contribution < 1.29 is 9.15 Å². The Morgan fingerprint density at radius 3 is 3.06 bits per heavy atom. The molecule has 2 unspecified atom stereocenters. The summed E-state index contributed by atoms with van der Waals surface area (Å²) in [6.07, 6.45) is 2.99. The number of ether oxygens (including phenoxy) is 1. The fraction of sp³-hybridized carbons (Fsp3) is 0.692. The fourth-order valence-electron chi connectivity index (χ4n) is 2.34. The third-order valence-electron chi connectivity index (χ3n) is 3.29. The maximum atomic E-state index is 5.90. The number of hydrogen-bond donors (Lipinski definition) is 1. The zero-order valence-corrected chi connectivity index (χ0v) is 12.6. The molecule has 2 heterocycles. The molecule has 1 aromatic rings. The summed E-state index contributed by atoms with van der Waals surface area (Å²) in [6, 6.07) is 2.11. The molecule has 1 fully saturated rings. The fourth-order valence-corrected chi connectivity index (χ4v) is 2.78. The number of likely N-dealkylation sites (N-methyl/N-ethyl adjacent to an activating group) is 1. The molecule has 1 N–H and O–H groups in total. The number of nitrogens with one attached hydrogen (secondary N) is 1. The maximum absolute atomic E-state index is 5.90. The van der Waals surface area contributed by atoms with Crippen molar-refractivity contribution in [2.45, 2.75) is 25.5 Å². The molecule has 0 radical (unpaired) electrons. The molecule has 4 nitrogen and oxygen atoms in total. The number of halogens is 1. The molecule has 0 spiro atoms. The van der Waals surface area contributed by atoms with E-state index in [1.807, 2.05) is 6.07 Å². The van der Waals surface area contributed by atoms with Gasteiger partial charge < -0.3 is 14.5 Å². The summed E-state index contributed by atoms with van der Waals surface area (Å²) in [5.74, 6) is 0.959. The van der Waals surface area contributed by atoms with Crippen LogP contribution < -0.4 is 5.32 Å². The lowest BCUT2D eigenvalue weighted by atomic mass is 10.0. The largest absolute Gasteiger partial charge is 0.466 e. The Labute approximate surface area is 117 Å². The SMILES string of the molecule is CCCNCC1OCCN(C)C1c1occc1Br. The minimum atomic E-state index is 0.137. The van der Waals surface area contributed by atoms with Crippen molar-refractivity contribution in [2.75, 3.05) is 33.3 Å². The molecule has 102 valence electrons. The van der Waals surface area contributed by atoms with E-state index in [4.69, 9.17) is 9.15 Å². The van der Waals surface area contributed by atoms with Crippen LogP contribution in [-0.4, -0.2) is 44.3 Å². The van der Waals surface area contributed by atoms with Crippen molar-refractivity contribution in [3.05, 3.63) is 22.6 Å². The van der Waals surface area contributed by atoms with Gasteiger partial charge in [-0.3, -0.25) is 4.90 Å². The minimum absolute atomic E-state index is 0.137. The van der Waals surface area contributed by atoms with Gasteiger partial charge in [0.1, 0.15) is 5.76 Å². The normalized spacial score (nSPS) is 25.5. The number of morpholine rings is 1. The second-order valence-electron chi connectivity index (χ2n) is 4.67. The molecule has 1 aromatic heterocycles. The molecule has 0 saturated carbocycles. The first-order valence-corrected chi connectivity index (χ1v) is 7.28. The molecule has 18 heavy (non-hydrogen) atoms. The molecule has 0 amide bonds. The number of hydrogen-bond acceptors (Lipinski definition) is 4. The molecule has 1 aliphatic heterocycles. The lowest BCUT2D eigenvalue weighted by Gasteiger charge is -2.38. The standard InChI is InChI=1S/C13H21BrN2O2/c1-3-5-15-9-11-12(16(2)6-8-17-11)13-10(14)4-7-18-13/h4,7,11-12,15H,3,5-6,8-9H2,1-2H3. The number of furan rings is 1. The average molecular weight is 317 g/mol. The lowest BCUT2D eigenvalue weighted by Crippen LogP contribution is -2.47. The Hall–Kier alpha value is -0.360. The van der Waals surface area contributed by atoms with E-state index in [1.54, 1.807) is 6.26 Å². The number of nitrogens with zero attached hydrogens (tertiary/aromatic N) is 1.